The van der Waals surface area contributed by atoms with E-state index in [1.54, 1.807) is 4.90 Å². The van der Waals surface area contributed by atoms with Gasteiger partial charge in [0.2, 0.25) is 10.0 Å². The van der Waals surface area contributed by atoms with Gasteiger partial charge < -0.3 is 4.90 Å². The number of nitrogens with zero attached hydrogens (tertiary/aromatic N) is 2. The molecule has 2 rings (SSSR count). The molecule has 1 saturated heterocycles. The number of carbonyl (C=O) groups excluding carboxylic acids is 1. The second-order valence-electron chi connectivity index (χ2n) is 5.33. The van der Waals surface area contributed by atoms with Crippen LogP contribution in [-0.2, 0) is 10.0 Å². The van der Waals surface area contributed by atoms with E-state index in [9.17, 15) is 17.6 Å². The standard InChI is InChI=1S/C15H18FN3O3S/c16-6-7-18-23(21,22)14-5-1-4-13(9-14)15(20)19-8-2-3-12(10-17)11-19/h1,4-5,9,12,18H,2-3,6-8,11H2/t12-/m0/s1. The van der Waals surface area contributed by atoms with E-state index >= 15 is 0 Å². The van der Waals surface area contributed by atoms with Gasteiger partial charge in [0, 0.05) is 25.2 Å². The summed E-state index contributed by atoms with van der Waals surface area (Å²) in [7, 11) is -3.84. The first-order valence-corrected chi connectivity index (χ1v) is 8.81. The summed E-state index contributed by atoms with van der Waals surface area (Å²) >= 11 is 0. The highest BCUT2D eigenvalue weighted by molar-refractivity contribution is 7.89. The van der Waals surface area contributed by atoms with Crippen LogP contribution < -0.4 is 4.72 Å². The van der Waals surface area contributed by atoms with Crippen LogP contribution in [0.1, 0.15) is 23.2 Å². The second-order valence-corrected chi connectivity index (χ2v) is 7.10. The monoisotopic (exact) mass is 339 g/mol. The van der Waals surface area contributed by atoms with E-state index < -0.39 is 16.7 Å². The van der Waals surface area contributed by atoms with Crippen LogP contribution in [0, 0.1) is 17.2 Å². The third kappa shape index (κ3) is 4.27. The van der Waals surface area contributed by atoms with Gasteiger partial charge in [-0.2, -0.15) is 5.26 Å². The number of alkyl halides is 1. The summed E-state index contributed by atoms with van der Waals surface area (Å²) in [6, 6.07) is 7.80. The fourth-order valence-electron chi connectivity index (χ4n) is 2.50. The first kappa shape index (κ1) is 17.4. The van der Waals surface area contributed by atoms with Gasteiger partial charge in [0.25, 0.3) is 5.91 Å². The van der Waals surface area contributed by atoms with Crippen LogP contribution in [0.5, 0.6) is 0 Å². The Hall–Kier alpha value is -1.98. The number of halogens is 1. The van der Waals surface area contributed by atoms with Gasteiger partial charge in [-0.1, -0.05) is 6.07 Å². The quantitative estimate of drug-likeness (QED) is 0.876. The van der Waals surface area contributed by atoms with E-state index in [1.165, 1.54) is 24.3 Å². The molecule has 1 aromatic carbocycles. The first-order chi connectivity index (χ1) is 11.0. The molecule has 0 radical (unpaired) electrons. The second kappa shape index (κ2) is 7.53. The van der Waals surface area contributed by atoms with Gasteiger partial charge >= 0.3 is 0 Å². The van der Waals surface area contributed by atoms with E-state index in [4.69, 9.17) is 5.26 Å². The van der Waals surface area contributed by atoms with Crippen LogP contribution in [0.4, 0.5) is 4.39 Å². The highest BCUT2D eigenvalue weighted by Gasteiger charge is 2.25. The Morgan fingerprint density at radius 3 is 2.96 bits per heavy atom. The summed E-state index contributed by atoms with van der Waals surface area (Å²) in [5, 5.41) is 8.99. The molecule has 8 heteroatoms. The predicted octanol–water partition coefficient (Wildman–Crippen LogP) is 1.31. The summed E-state index contributed by atoms with van der Waals surface area (Å²) in [6.45, 7) is -0.210. The molecule has 0 bridgehead atoms. The third-order valence-corrected chi connectivity index (χ3v) is 5.13. The van der Waals surface area contributed by atoms with Crippen molar-refractivity contribution in [2.24, 2.45) is 5.92 Å². The van der Waals surface area contributed by atoms with Crippen molar-refractivity contribution >= 4 is 15.9 Å². The van der Waals surface area contributed by atoms with E-state index in [2.05, 4.69) is 10.8 Å². The van der Waals surface area contributed by atoms with Crippen LogP contribution in [0.2, 0.25) is 0 Å². The van der Waals surface area contributed by atoms with Crippen molar-refractivity contribution in [2.75, 3.05) is 26.3 Å². The lowest BCUT2D eigenvalue weighted by atomic mass is 9.99. The maximum absolute atomic E-state index is 12.5. The molecule has 1 atom stereocenters. The normalized spacial score (nSPS) is 18.4. The molecule has 0 aliphatic carbocycles. The van der Waals surface area contributed by atoms with Gasteiger partial charge in [0.1, 0.15) is 6.67 Å². The van der Waals surface area contributed by atoms with E-state index in [-0.39, 0.29) is 28.8 Å². The fraction of sp³-hybridized carbons (Fsp3) is 0.467. The summed E-state index contributed by atoms with van der Waals surface area (Å²) in [5.74, 6) is -0.488. The minimum Gasteiger partial charge on any atom is -0.337 e. The topological polar surface area (TPSA) is 90.3 Å². The number of nitrogens with one attached hydrogen (secondary N) is 1. The van der Waals surface area contributed by atoms with Crippen molar-refractivity contribution in [3.8, 4) is 6.07 Å². The lowest BCUT2D eigenvalue weighted by molar-refractivity contribution is 0.0698. The Morgan fingerprint density at radius 2 is 2.26 bits per heavy atom. The smallest absolute Gasteiger partial charge is 0.253 e. The highest BCUT2D eigenvalue weighted by atomic mass is 32.2. The Labute approximate surface area is 135 Å². The minimum absolute atomic E-state index is 0.0781. The molecule has 0 spiro atoms. The number of hydrogen-bond acceptors (Lipinski definition) is 4. The third-order valence-electron chi connectivity index (χ3n) is 3.67. The van der Waals surface area contributed by atoms with Crippen molar-refractivity contribution in [3.63, 3.8) is 0 Å². The predicted molar refractivity (Wildman–Crippen MR) is 81.8 cm³/mol. The molecule has 0 saturated carbocycles. The SMILES string of the molecule is N#C[C@@H]1CCCN(C(=O)c2cccc(S(=O)(=O)NCCF)c2)C1. The van der Waals surface area contributed by atoms with Crippen molar-refractivity contribution in [3.05, 3.63) is 29.8 Å². The molecule has 1 N–H and O–H groups in total. The Bertz CT molecular complexity index is 715. The number of hydrogen-bond donors (Lipinski definition) is 1. The maximum Gasteiger partial charge on any atom is 0.253 e. The van der Waals surface area contributed by atoms with Gasteiger partial charge in [0.05, 0.1) is 16.9 Å². The number of amides is 1. The van der Waals surface area contributed by atoms with Crippen LogP contribution >= 0.6 is 0 Å². The fourth-order valence-corrected chi connectivity index (χ4v) is 3.55. The lowest BCUT2D eigenvalue weighted by Gasteiger charge is -2.29. The summed E-state index contributed by atoms with van der Waals surface area (Å²) in [4.78, 5) is 14.0. The average Bonchev–Trinajstić information content (AvgIpc) is 2.59. The molecule has 1 heterocycles. The van der Waals surface area contributed by atoms with Gasteiger partial charge in [-0.05, 0) is 31.0 Å². The summed E-state index contributed by atoms with van der Waals surface area (Å²) in [6.07, 6.45) is 1.52. The van der Waals surface area contributed by atoms with E-state index in [1.807, 2.05) is 0 Å². The van der Waals surface area contributed by atoms with Crippen molar-refractivity contribution in [2.45, 2.75) is 17.7 Å². The first-order valence-electron chi connectivity index (χ1n) is 7.32. The zero-order chi connectivity index (χ0) is 16.9. The molecule has 1 amide bonds. The Morgan fingerprint density at radius 1 is 1.48 bits per heavy atom. The molecule has 6 nitrogen and oxygen atoms in total. The Kier molecular flexibility index (Phi) is 5.69. The molecule has 23 heavy (non-hydrogen) atoms. The molecule has 124 valence electrons. The lowest BCUT2D eigenvalue weighted by Crippen LogP contribution is -2.39. The summed E-state index contributed by atoms with van der Waals surface area (Å²) in [5.41, 5.74) is 0.242. The van der Waals surface area contributed by atoms with Crippen LogP contribution in [0.3, 0.4) is 0 Å². The molecule has 1 aromatic rings. The number of piperidine rings is 1. The van der Waals surface area contributed by atoms with Crippen molar-refractivity contribution in [1.82, 2.24) is 9.62 Å². The zero-order valence-corrected chi connectivity index (χ0v) is 13.4. The van der Waals surface area contributed by atoms with E-state index in [0.717, 1.165) is 12.8 Å². The van der Waals surface area contributed by atoms with Crippen molar-refractivity contribution in [1.29, 1.82) is 5.26 Å². The minimum atomic E-state index is -3.84. The number of likely N-dealkylation sites (tertiary alicyclic amines) is 1. The Balaban J connectivity index is 2.19. The maximum atomic E-state index is 12.5. The van der Waals surface area contributed by atoms with Crippen molar-refractivity contribution < 1.29 is 17.6 Å². The molecule has 1 aliphatic rings. The largest absolute Gasteiger partial charge is 0.337 e. The van der Waals surface area contributed by atoms with E-state index in [0.29, 0.717) is 13.1 Å². The van der Waals surface area contributed by atoms with Gasteiger partial charge in [0.15, 0.2) is 0 Å². The number of benzene rings is 1. The van der Waals surface area contributed by atoms with Gasteiger partial charge in [-0.15, -0.1) is 0 Å². The molecule has 0 unspecified atom stereocenters. The van der Waals surface area contributed by atoms with Crippen LogP contribution in [0.25, 0.3) is 0 Å². The average molecular weight is 339 g/mol. The van der Waals surface area contributed by atoms with Gasteiger partial charge in [-0.3, -0.25) is 4.79 Å². The number of nitriles is 1. The number of sulfonamides is 1. The highest BCUT2D eigenvalue weighted by Crippen LogP contribution is 2.19. The van der Waals surface area contributed by atoms with Gasteiger partial charge in [-0.25, -0.2) is 17.5 Å². The van der Waals surface area contributed by atoms with Crippen LogP contribution in [0.15, 0.2) is 29.2 Å². The molecular formula is C15H18FN3O3S. The molecular weight excluding hydrogens is 321 g/mol. The molecule has 0 aromatic heterocycles. The zero-order valence-electron chi connectivity index (χ0n) is 12.5. The summed E-state index contributed by atoms with van der Waals surface area (Å²) < 4.78 is 38.3. The molecule has 1 aliphatic heterocycles. The van der Waals surface area contributed by atoms with Crippen LogP contribution in [-0.4, -0.2) is 45.5 Å². The molecule has 1 fully saturated rings. The number of carbonyl (C=O) groups is 1. The number of rotatable bonds is 5.